The van der Waals surface area contributed by atoms with Gasteiger partial charge >= 0.3 is 0 Å². The van der Waals surface area contributed by atoms with Crippen LogP contribution in [-0.2, 0) is 20.2 Å². The second-order valence-corrected chi connectivity index (χ2v) is 8.14. The number of aliphatic hydroxyl groups is 1. The predicted octanol–water partition coefficient (Wildman–Crippen LogP) is 2.26. The summed E-state index contributed by atoms with van der Waals surface area (Å²) in [5, 5.41) is 10.9. The van der Waals surface area contributed by atoms with Gasteiger partial charge in [0.05, 0.1) is 21.9 Å². The van der Waals surface area contributed by atoms with E-state index < -0.39 is 15.4 Å². The molecule has 2 rings (SSSR count). The minimum Gasteiger partial charge on any atom is -0.385 e. The van der Waals surface area contributed by atoms with Crippen LogP contribution in [0, 0.1) is 0 Å². The summed E-state index contributed by atoms with van der Waals surface area (Å²) in [5.74, 6) is -0.00603. The molecule has 0 amide bonds. The second kappa shape index (κ2) is 5.13. The third kappa shape index (κ3) is 2.90. The fourth-order valence-corrected chi connectivity index (χ4v) is 4.24. The molecule has 1 aromatic carbocycles. The number of sulfone groups is 1. The molecule has 1 aromatic rings. The Hall–Kier alpha value is -0.910. The van der Waals surface area contributed by atoms with Crippen molar-refractivity contribution in [2.24, 2.45) is 0 Å². The van der Waals surface area contributed by atoms with Crippen LogP contribution in [0.4, 0.5) is 0 Å². The molecule has 1 unspecified atom stereocenters. The van der Waals surface area contributed by atoms with Crippen LogP contribution in [0.5, 0.6) is 0 Å². The summed E-state index contributed by atoms with van der Waals surface area (Å²) in [6.07, 6.45) is 1.39. The molecule has 0 spiro atoms. The van der Waals surface area contributed by atoms with E-state index in [0.717, 1.165) is 0 Å². The van der Waals surface area contributed by atoms with Gasteiger partial charge in [0.25, 0.3) is 0 Å². The van der Waals surface area contributed by atoms with Crippen molar-refractivity contribution < 1.29 is 18.3 Å². The molecule has 0 radical (unpaired) electrons. The lowest BCUT2D eigenvalue weighted by atomic mass is 9.83. The largest absolute Gasteiger partial charge is 0.385 e. The Morgan fingerprint density at radius 3 is 2.65 bits per heavy atom. The fraction of sp³-hybridized carbons (Fsp3) is 0.600. The van der Waals surface area contributed by atoms with Crippen LogP contribution in [-0.4, -0.2) is 32.0 Å². The first-order valence-corrected chi connectivity index (χ1v) is 8.45. The zero-order valence-electron chi connectivity index (χ0n) is 12.2. The molecular weight excluding hydrogens is 276 g/mol. The summed E-state index contributed by atoms with van der Waals surface area (Å²) in [6.45, 7) is 3.92. The number of hydrogen-bond donors (Lipinski definition) is 1. The maximum atomic E-state index is 12.1. The lowest BCUT2D eigenvalue weighted by Crippen LogP contribution is -2.37. The van der Waals surface area contributed by atoms with E-state index in [1.165, 1.54) is 0 Å². The molecule has 0 bridgehead atoms. The van der Waals surface area contributed by atoms with Gasteiger partial charge in [-0.15, -0.1) is 0 Å². The van der Waals surface area contributed by atoms with E-state index in [-0.39, 0.29) is 22.7 Å². The molecule has 4 nitrogen and oxygen atoms in total. The van der Waals surface area contributed by atoms with Crippen molar-refractivity contribution in [3.63, 3.8) is 0 Å². The van der Waals surface area contributed by atoms with E-state index in [0.29, 0.717) is 18.4 Å². The monoisotopic (exact) mass is 298 g/mol. The quantitative estimate of drug-likeness (QED) is 0.926. The van der Waals surface area contributed by atoms with Crippen molar-refractivity contribution in [3.8, 4) is 0 Å². The van der Waals surface area contributed by atoms with E-state index in [1.807, 2.05) is 13.8 Å². The Balaban J connectivity index is 2.34. The Bertz CT molecular complexity index is 592. The molecule has 1 N–H and O–H groups in total. The third-order valence-corrected chi connectivity index (χ3v) is 5.97. The first kappa shape index (κ1) is 15.5. The predicted molar refractivity (Wildman–Crippen MR) is 77.3 cm³/mol. The van der Waals surface area contributed by atoms with Crippen molar-refractivity contribution in [2.45, 2.75) is 49.2 Å². The molecule has 1 aliphatic rings. The summed E-state index contributed by atoms with van der Waals surface area (Å²) < 4.78 is 29.5. The first-order valence-electron chi connectivity index (χ1n) is 6.80. The summed E-state index contributed by atoms with van der Waals surface area (Å²) in [6, 6.07) is 6.76. The van der Waals surface area contributed by atoms with Crippen molar-refractivity contribution in [1.82, 2.24) is 0 Å². The first-order chi connectivity index (χ1) is 9.20. The van der Waals surface area contributed by atoms with E-state index in [9.17, 15) is 13.5 Å². The molecule has 112 valence electrons. The molecule has 0 aliphatic carbocycles. The average Bonchev–Trinajstić information content (AvgIpc) is 2.42. The number of hydrogen-bond acceptors (Lipinski definition) is 4. The molecule has 0 aromatic heterocycles. The summed E-state index contributed by atoms with van der Waals surface area (Å²) in [5.41, 5.74) is -0.892. The molecule has 0 saturated heterocycles. The van der Waals surface area contributed by atoms with Crippen molar-refractivity contribution in [2.75, 3.05) is 12.9 Å². The number of rotatable bonds is 4. The molecular formula is C15H22O4S. The highest BCUT2D eigenvalue weighted by Crippen LogP contribution is 2.41. The topological polar surface area (TPSA) is 63.6 Å². The SMILES string of the molecule is COC(C)(C)CCC1(O)CCS(=O)(=O)c2ccccc21. The van der Waals surface area contributed by atoms with Gasteiger partial charge in [-0.1, -0.05) is 18.2 Å². The maximum Gasteiger partial charge on any atom is 0.178 e. The lowest BCUT2D eigenvalue weighted by molar-refractivity contribution is -0.0324. The zero-order valence-corrected chi connectivity index (χ0v) is 13.0. The van der Waals surface area contributed by atoms with Crippen LogP contribution in [0.3, 0.4) is 0 Å². The van der Waals surface area contributed by atoms with Crippen LogP contribution in [0.25, 0.3) is 0 Å². The summed E-state index contributed by atoms with van der Waals surface area (Å²) in [7, 11) is -1.62. The van der Waals surface area contributed by atoms with Gasteiger partial charge < -0.3 is 9.84 Å². The van der Waals surface area contributed by atoms with Crippen LogP contribution in [0.2, 0.25) is 0 Å². The van der Waals surface area contributed by atoms with Gasteiger partial charge in [0.15, 0.2) is 9.84 Å². The zero-order chi connectivity index (χ0) is 15.0. The highest BCUT2D eigenvalue weighted by atomic mass is 32.2. The van der Waals surface area contributed by atoms with Crippen LogP contribution < -0.4 is 0 Å². The van der Waals surface area contributed by atoms with Gasteiger partial charge in [0, 0.05) is 12.7 Å². The molecule has 20 heavy (non-hydrogen) atoms. The number of methoxy groups -OCH3 is 1. The van der Waals surface area contributed by atoms with E-state index in [2.05, 4.69) is 0 Å². The molecule has 1 aliphatic heterocycles. The maximum absolute atomic E-state index is 12.1. The molecule has 0 saturated carbocycles. The Morgan fingerprint density at radius 2 is 2.00 bits per heavy atom. The van der Waals surface area contributed by atoms with Gasteiger partial charge in [0.2, 0.25) is 0 Å². The van der Waals surface area contributed by atoms with Gasteiger partial charge in [-0.05, 0) is 39.2 Å². The summed E-state index contributed by atoms with van der Waals surface area (Å²) >= 11 is 0. The Kier molecular flexibility index (Phi) is 3.97. The average molecular weight is 298 g/mol. The fourth-order valence-electron chi connectivity index (χ4n) is 2.54. The van der Waals surface area contributed by atoms with Crippen LogP contribution in [0.1, 0.15) is 38.7 Å². The van der Waals surface area contributed by atoms with E-state index in [1.54, 1.807) is 31.4 Å². The van der Waals surface area contributed by atoms with Crippen molar-refractivity contribution in [3.05, 3.63) is 29.8 Å². The van der Waals surface area contributed by atoms with Crippen LogP contribution >= 0.6 is 0 Å². The minimum atomic E-state index is -3.26. The van der Waals surface area contributed by atoms with E-state index in [4.69, 9.17) is 4.74 Å². The highest BCUT2D eigenvalue weighted by Gasteiger charge is 2.41. The smallest absolute Gasteiger partial charge is 0.178 e. The van der Waals surface area contributed by atoms with Gasteiger partial charge in [-0.2, -0.15) is 0 Å². The van der Waals surface area contributed by atoms with Crippen LogP contribution in [0.15, 0.2) is 29.2 Å². The molecule has 1 atom stereocenters. The van der Waals surface area contributed by atoms with E-state index >= 15 is 0 Å². The molecule has 5 heteroatoms. The minimum absolute atomic E-state index is 0.00603. The number of fused-ring (bicyclic) bond motifs is 1. The summed E-state index contributed by atoms with van der Waals surface area (Å²) in [4.78, 5) is 0.268. The number of benzene rings is 1. The van der Waals surface area contributed by atoms with Crippen molar-refractivity contribution in [1.29, 1.82) is 0 Å². The molecule has 0 fully saturated rings. The standard InChI is InChI=1S/C15H22O4S/c1-14(2,19-3)8-9-15(16)10-11-20(17,18)13-7-5-4-6-12(13)15/h4-7,16H,8-11H2,1-3H3. The molecule has 1 heterocycles. The van der Waals surface area contributed by atoms with Gasteiger partial charge in [-0.3, -0.25) is 0 Å². The van der Waals surface area contributed by atoms with Crippen molar-refractivity contribution >= 4 is 9.84 Å². The van der Waals surface area contributed by atoms with Gasteiger partial charge in [-0.25, -0.2) is 8.42 Å². The normalized spacial score (nSPS) is 25.2. The van der Waals surface area contributed by atoms with Gasteiger partial charge in [0.1, 0.15) is 0 Å². The second-order valence-electron chi connectivity index (χ2n) is 6.06. The highest BCUT2D eigenvalue weighted by molar-refractivity contribution is 7.91. The third-order valence-electron chi connectivity index (χ3n) is 4.20. The number of ether oxygens (including phenoxy) is 1. The Labute approximate surface area is 120 Å². The Morgan fingerprint density at radius 1 is 1.35 bits per heavy atom. The lowest BCUT2D eigenvalue weighted by Gasteiger charge is -2.36.